The van der Waals surface area contributed by atoms with Crippen LogP contribution >= 0.6 is 0 Å². The Kier molecular flexibility index (Phi) is 10.3. The molecule has 1 atom stereocenters. The molecule has 1 saturated carbocycles. The Bertz CT molecular complexity index is 910. The number of hydrogen-bond acceptors (Lipinski definition) is 4. The first kappa shape index (κ1) is 29.1. The number of aldehydes is 1. The third kappa shape index (κ3) is 7.81. The third-order valence-corrected chi connectivity index (χ3v) is 9.70. The topological polar surface area (TPSA) is 55.9 Å². The van der Waals surface area contributed by atoms with E-state index in [1.54, 1.807) is 19.0 Å². The zero-order chi connectivity index (χ0) is 27.1. The van der Waals surface area contributed by atoms with Crippen molar-refractivity contribution in [1.82, 2.24) is 20.0 Å². The number of carbonyl (C=O) groups excluding carboxylic acids is 2. The van der Waals surface area contributed by atoms with Gasteiger partial charge in [0.25, 0.3) is 0 Å². The van der Waals surface area contributed by atoms with Crippen LogP contribution in [0, 0.1) is 24.2 Å². The summed E-state index contributed by atoms with van der Waals surface area (Å²) in [4.78, 5) is 29.5. The van der Waals surface area contributed by atoms with Crippen LogP contribution in [0.15, 0.2) is 18.2 Å². The van der Waals surface area contributed by atoms with Crippen molar-refractivity contribution in [2.45, 2.75) is 83.6 Å². The first-order valence-electron chi connectivity index (χ1n) is 15.2. The molecule has 2 saturated heterocycles. The third-order valence-electron chi connectivity index (χ3n) is 9.70. The van der Waals surface area contributed by atoms with Crippen molar-refractivity contribution in [1.29, 1.82) is 0 Å². The summed E-state index contributed by atoms with van der Waals surface area (Å²) < 4.78 is 0. The van der Waals surface area contributed by atoms with Gasteiger partial charge in [-0.05, 0) is 114 Å². The summed E-state index contributed by atoms with van der Waals surface area (Å²) >= 11 is 0. The van der Waals surface area contributed by atoms with Crippen LogP contribution in [-0.2, 0) is 11.2 Å². The number of fused-ring (bicyclic) bond motifs is 1. The minimum Gasteiger partial charge on any atom is -0.331 e. The molecule has 4 aliphatic rings. The number of benzene rings is 1. The first-order valence-corrected chi connectivity index (χ1v) is 15.2. The van der Waals surface area contributed by atoms with Crippen molar-refractivity contribution >= 4 is 12.3 Å². The lowest BCUT2D eigenvalue weighted by atomic mass is 9.64. The van der Waals surface area contributed by atoms with Gasteiger partial charge in [0.1, 0.15) is 6.29 Å². The second-order valence-electron chi connectivity index (χ2n) is 13.1. The SMILES string of the molecule is Cc1ccc2c(c1)C(NC(=O)N(C)C)CC1(CCN(C)CC1)C2.O=CC1CCN(CC2CCCCC2)CC1. The van der Waals surface area contributed by atoms with E-state index in [1.165, 1.54) is 68.2 Å². The average molecular weight is 525 g/mol. The van der Waals surface area contributed by atoms with Crippen LogP contribution < -0.4 is 5.32 Å². The highest BCUT2D eigenvalue weighted by molar-refractivity contribution is 5.74. The lowest BCUT2D eigenvalue weighted by Gasteiger charge is -2.47. The number of piperidine rings is 2. The van der Waals surface area contributed by atoms with E-state index in [1.807, 2.05) is 0 Å². The summed E-state index contributed by atoms with van der Waals surface area (Å²) in [6.07, 6.45) is 15.2. The summed E-state index contributed by atoms with van der Waals surface area (Å²) in [6.45, 7) is 8.06. The molecule has 0 bridgehead atoms. The maximum absolute atomic E-state index is 12.2. The monoisotopic (exact) mass is 524 g/mol. The van der Waals surface area contributed by atoms with Crippen LogP contribution in [0.3, 0.4) is 0 Å². The summed E-state index contributed by atoms with van der Waals surface area (Å²) in [6, 6.07) is 6.89. The molecule has 1 unspecified atom stereocenters. The Morgan fingerprint density at radius 2 is 1.74 bits per heavy atom. The molecule has 1 N–H and O–H groups in total. The molecule has 3 fully saturated rings. The zero-order valence-electron chi connectivity index (χ0n) is 24.5. The van der Waals surface area contributed by atoms with Gasteiger partial charge in [0, 0.05) is 26.6 Å². The normalized spacial score (nSPS) is 24.7. The second kappa shape index (κ2) is 13.4. The van der Waals surface area contributed by atoms with Crippen LogP contribution in [-0.4, -0.2) is 80.9 Å². The Hall–Kier alpha value is -1.92. The van der Waals surface area contributed by atoms with Crippen LogP contribution in [0.4, 0.5) is 4.79 Å². The van der Waals surface area contributed by atoms with E-state index >= 15 is 0 Å². The van der Waals surface area contributed by atoms with Gasteiger partial charge in [0.2, 0.25) is 0 Å². The van der Waals surface area contributed by atoms with E-state index in [-0.39, 0.29) is 12.1 Å². The van der Waals surface area contributed by atoms with Crippen LogP contribution in [0.25, 0.3) is 0 Å². The number of nitrogens with one attached hydrogen (secondary N) is 1. The fourth-order valence-electron chi connectivity index (χ4n) is 7.11. The number of carbonyl (C=O) groups is 2. The number of amides is 2. The molecule has 6 heteroatoms. The van der Waals surface area contributed by atoms with Crippen LogP contribution in [0.1, 0.15) is 86.9 Å². The molecule has 5 rings (SSSR count). The molecule has 2 amide bonds. The summed E-state index contributed by atoms with van der Waals surface area (Å²) in [5.74, 6) is 1.30. The van der Waals surface area contributed by atoms with E-state index in [9.17, 15) is 9.59 Å². The van der Waals surface area contributed by atoms with Crippen molar-refractivity contribution in [3.05, 3.63) is 34.9 Å². The molecular formula is C32H52N4O2. The maximum Gasteiger partial charge on any atom is 0.317 e. The van der Waals surface area contributed by atoms with Gasteiger partial charge in [-0.15, -0.1) is 0 Å². The highest BCUT2D eigenvalue weighted by Crippen LogP contribution is 2.47. The van der Waals surface area contributed by atoms with Crippen molar-refractivity contribution in [3.8, 4) is 0 Å². The first-order chi connectivity index (χ1) is 18.3. The Labute approximate surface area is 231 Å². The Morgan fingerprint density at radius 3 is 2.37 bits per heavy atom. The average Bonchev–Trinajstić information content (AvgIpc) is 2.92. The minimum atomic E-state index is 0.00688. The van der Waals surface area contributed by atoms with Gasteiger partial charge in [0.15, 0.2) is 0 Å². The standard InChI is InChI=1S/C19H29N3O.C13H23NO/c1-14-5-6-15-12-19(7-9-22(4)10-8-19)13-17(16(15)11-14)20-18(23)21(2)3;15-11-13-6-8-14(9-7-13)10-12-4-2-1-3-5-12/h5-6,11,17H,7-10,12-13H2,1-4H3,(H,20,23);11-13H,1-10H2. The minimum absolute atomic E-state index is 0.00688. The van der Waals surface area contributed by atoms with Gasteiger partial charge < -0.3 is 24.8 Å². The van der Waals surface area contributed by atoms with E-state index in [2.05, 4.69) is 47.3 Å². The van der Waals surface area contributed by atoms with Crippen LogP contribution in [0.2, 0.25) is 0 Å². The highest BCUT2D eigenvalue weighted by atomic mass is 16.2. The molecule has 2 aliphatic carbocycles. The van der Waals surface area contributed by atoms with E-state index < -0.39 is 0 Å². The van der Waals surface area contributed by atoms with E-state index in [0.29, 0.717) is 11.3 Å². The highest BCUT2D eigenvalue weighted by Gasteiger charge is 2.41. The fourth-order valence-corrected chi connectivity index (χ4v) is 7.11. The number of rotatable bonds is 4. The molecule has 2 aliphatic heterocycles. The van der Waals surface area contributed by atoms with Gasteiger partial charge in [-0.1, -0.05) is 43.0 Å². The molecule has 6 nitrogen and oxygen atoms in total. The lowest BCUT2D eigenvalue weighted by Crippen LogP contribution is -2.46. The van der Waals surface area contributed by atoms with Crippen molar-refractivity contribution < 1.29 is 9.59 Å². The lowest BCUT2D eigenvalue weighted by molar-refractivity contribution is -0.112. The number of urea groups is 1. The summed E-state index contributed by atoms with van der Waals surface area (Å²) in [7, 11) is 5.82. The van der Waals surface area contributed by atoms with Crippen LogP contribution in [0.5, 0.6) is 0 Å². The quantitative estimate of drug-likeness (QED) is 0.533. The van der Waals surface area contributed by atoms with Gasteiger partial charge in [-0.25, -0.2) is 4.79 Å². The fraction of sp³-hybridized carbons (Fsp3) is 0.750. The summed E-state index contributed by atoms with van der Waals surface area (Å²) in [5, 5.41) is 3.26. The number of hydrogen-bond donors (Lipinski definition) is 1. The van der Waals surface area contributed by atoms with Crippen molar-refractivity contribution in [2.24, 2.45) is 17.3 Å². The van der Waals surface area contributed by atoms with Gasteiger partial charge in [-0.3, -0.25) is 0 Å². The number of likely N-dealkylation sites (tertiary alicyclic amines) is 2. The van der Waals surface area contributed by atoms with Gasteiger partial charge >= 0.3 is 6.03 Å². The number of aryl methyl sites for hydroxylation is 1. The predicted molar refractivity (Wildman–Crippen MR) is 155 cm³/mol. The molecule has 2 heterocycles. The van der Waals surface area contributed by atoms with Gasteiger partial charge in [-0.2, -0.15) is 0 Å². The van der Waals surface area contributed by atoms with Crippen molar-refractivity contribution in [3.63, 3.8) is 0 Å². The smallest absolute Gasteiger partial charge is 0.317 e. The molecule has 0 aromatic heterocycles. The van der Waals surface area contributed by atoms with E-state index in [0.717, 1.165) is 64.1 Å². The maximum atomic E-state index is 12.2. The Balaban J connectivity index is 0.000000194. The molecule has 0 radical (unpaired) electrons. The van der Waals surface area contributed by atoms with Gasteiger partial charge in [0.05, 0.1) is 6.04 Å². The summed E-state index contributed by atoms with van der Waals surface area (Å²) in [5.41, 5.74) is 4.37. The second-order valence-corrected chi connectivity index (χ2v) is 13.1. The molecule has 212 valence electrons. The molecule has 1 spiro atoms. The largest absolute Gasteiger partial charge is 0.331 e. The molecule has 38 heavy (non-hydrogen) atoms. The van der Waals surface area contributed by atoms with E-state index in [4.69, 9.17) is 0 Å². The number of nitrogens with zero attached hydrogens (tertiary/aromatic N) is 3. The molecule has 1 aromatic rings. The Morgan fingerprint density at radius 1 is 1.05 bits per heavy atom. The predicted octanol–water partition coefficient (Wildman–Crippen LogP) is 5.44. The zero-order valence-corrected chi connectivity index (χ0v) is 24.5. The van der Waals surface area contributed by atoms with Crippen molar-refractivity contribution in [2.75, 3.05) is 53.9 Å². The molecule has 1 aromatic carbocycles. The molecular weight excluding hydrogens is 472 g/mol.